The van der Waals surface area contributed by atoms with Gasteiger partial charge >= 0.3 is 0 Å². The second kappa shape index (κ2) is 8.10. The Bertz CT molecular complexity index is 775. The van der Waals surface area contributed by atoms with E-state index in [1.807, 2.05) is 12.1 Å². The lowest BCUT2D eigenvalue weighted by molar-refractivity contribution is -0.119. The standard InChI is InChI=1S/C20H21FN2O3/c1-14(24)22-12-15-2-4-17(5-3-15)20(25)23-10-11-26-19(13-23)16-6-8-18(21)9-7-16/h2-9,19H,10-13H2,1H3,(H,22,24). The van der Waals surface area contributed by atoms with Gasteiger partial charge in [-0.3, -0.25) is 9.59 Å². The van der Waals surface area contributed by atoms with Gasteiger partial charge in [-0.25, -0.2) is 4.39 Å². The number of carbonyl (C=O) groups excluding carboxylic acids is 2. The summed E-state index contributed by atoms with van der Waals surface area (Å²) in [6, 6.07) is 13.4. The Morgan fingerprint density at radius 1 is 1.15 bits per heavy atom. The molecule has 0 saturated carbocycles. The zero-order valence-corrected chi connectivity index (χ0v) is 14.6. The third-order valence-corrected chi connectivity index (χ3v) is 4.34. The molecule has 0 bridgehead atoms. The largest absolute Gasteiger partial charge is 0.370 e. The number of benzene rings is 2. The van der Waals surface area contributed by atoms with E-state index in [1.54, 1.807) is 29.2 Å². The Balaban J connectivity index is 1.65. The second-order valence-corrected chi connectivity index (χ2v) is 6.27. The van der Waals surface area contributed by atoms with E-state index in [9.17, 15) is 14.0 Å². The van der Waals surface area contributed by atoms with Gasteiger partial charge in [-0.05, 0) is 35.4 Å². The normalized spacial score (nSPS) is 17.0. The fourth-order valence-electron chi connectivity index (χ4n) is 2.89. The molecule has 2 amide bonds. The highest BCUT2D eigenvalue weighted by molar-refractivity contribution is 5.94. The average molecular weight is 356 g/mol. The lowest BCUT2D eigenvalue weighted by Gasteiger charge is -2.33. The minimum atomic E-state index is -0.295. The van der Waals surface area contributed by atoms with E-state index in [0.29, 0.717) is 31.8 Å². The molecule has 0 radical (unpaired) electrons. The van der Waals surface area contributed by atoms with Crippen LogP contribution in [0.5, 0.6) is 0 Å². The highest BCUT2D eigenvalue weighted by Crippen LogP contribution is 2.23. The fraction of sp³-hybridized carbons (Fsp3) is 0.300. The Kier molecular flexibility index (Phi) is 5.63. The van der Waals surface area contributed by atoms with Crippen molar-refractivity contribution in [1.82, 2.24) is 10.2 Å². The second-order valence-electron chi connectivity index (χ2n) is 6.27. The van der Waals surface area contributed by atoms with Crippen LogP contribution in [-0.2, 0) is 16.1 Å². The number of amides is 2. The first-order valence-corrected chi connectivity index (χ1v) is 8.52. The number of hydrogen-bond acceptors (Lipinski definition) is 3. The molecule has 1 atom stereocenters. The van der Waals surface area contributed by atoms with Crippen LogP contribution >= 0.6 is 0 Å². The van der Waals surface area contributed by atoms with Crippen LogP contribution in [0.4, 0.5) is 4.39 Å². The molecule has 1 fully saturated rings. The predicted molar refractivity (Wildman–Crippen MR) is 95.0 cm³/mol. The van der Waals surface area contributed by atoms with Crippen LogP contribution in [0.2, 0.25) is 0 Å². The molecule has 0 aromatic heterocycles. The average Bonchev–Trinajstić information content (AvgIpc) is 2.67. The molecule has 2 aromatic rings. The van der Waals surface area contributed by atoms with Gasteiger partial charge in [0.15, 0.2) is 0 Å². The van der Waals surface area contributed by atoms with Crippen molar-refractivity contribution in [2.45, 2.75) is 19.6 Å². The van der Waals surface area contributed by atoms with Crippen LogP contribution in [0.25, 0.3) is 0 Å². The third-order valence-electron chi connectivity index (χ3n) is 4.34. The zero-order chi connectivity index (χ0) is 18.5. The summed E-state index contributed by atoms with van der Waals surface area (Å²) in [5, 5.41) is 2.72. The molecule has 1 heterocycles. The molecule has 136 valence electrons. The van der Waals surface area contributed by atoms with Crippen LogP contribution < -0.4 is 5.32 Å². The summed E-state index contributed by atoms with van der Waals surface area (Å²) >= 11 is 0. The molecule has 0 aliphatic carbocycles. The van der Waals surface area contributed by atoms with E-state index in [4.69, 9.17) is 4.74 Å². The maximum absolute atomic E-state index is 13.1. The first-order valence-electron chi connectivity index (χ1n) is 8.52. The topological polar surface area (TPSA) is 58.6 Å². The fourth-order valence-corrected chi connectivity index (χ4v) is 2.89. The van der Waals surface area contributed by atoms with Gasteiger partial charge in [0, 0.05) is 25.6 Å². The van der Waals surface area contributed by atoms with E-state index in [0.717, 1.165) is 11.1 Å². The number of hydrogen-bond donors (Lipinski definition) is 1. The molecule has 1 aliphatic rings. The van der Waals surface area contributed by atoms with Crippen LogP contribution in [0.3, 0.4) is 0 Å². The SMILES string of the molecule is CC(=O)NCc1ccc(C(=O)N2CCOC(c3ccc(F)cc3)C2)cc1. The molecular weight excluding hydrogens is 335 g/mol. The number of halogens is 1. The smallest absolute Gasteiger partial charge is 0.254 e. The molecule has 1 unspecified atom stereocenters. The van der Waals surface area contributed by atoms with Crippen molar-refractivity contribution in [3.63, 3.8) is 0 Å². The minimum absolute atomic E-state index is 0.0634. The molecule has 6 heteroatoms. The van der Waals surface area contributed by atoms with Crippen LogP contribution in [0, 0.1) is 5.82 Å². The zero-order valence-electron chi connectivity index (χ0n) is 14.6. The molecular formula is C20H21FN2O3. The Labute approximate surface area is 151 Å². The number of nitrogens with one attached hydrogen (secondary N) is 1. The molecule has 3 rings (SSSR count). The van der Waals surface area contributed by atoms with Crippen molar-refractivity contribution < 1.29 is 18.7 Å². The van der Waals surface area contributed by atoms with Crippen LogP contribution in [0.15, 0.2) is 48.5 Å². The van der Waals surface area contributed by atoms with E-state index in [1.165, 1.54) is 19.1 Å². The minimum Gasteiger partial charge on any atom is -0.370 e. The molecule has 1 N–H and O–H groups in total. The molecule has 0 spiro atoms. The van der Waals surface area contributed by atoms with Crippen molar-refractivity contribution in [2.24, 2.45) is 0 Å². The van der Waals surface area contributed by atoms with Crippen LogP contribution in [-0.4, -0.2) is 36.4 Å². The van der Waals surface area contributed by atoms with E-state index in [2.05, 4.69) is 5.32 Å². The highest BCUT2D eigenvalue weighted by atomic mass is 19.1. The monoisotopic (exact) mass is 356 g/mol. The van der Waals surface area contributed by atoms with Crippen molar-refractivity contribution >= 4 is 11.8 Å². The van der Waals surface area contributed by atoms with Gasteiger partial charge in [0.2, 0.25) is 5.91 Å². The predicted octanol–water partition coefficient (Wildman–Crippen LogP) is 2.68. The summed E-state index contributed by atoms with van der Waals surface area (Å²) in [4.78, 5) is 25.5. The first kappa shape index (κ1) is 18.1. The van der Waals surface area contributed by atoms with Crippen molar-refractivity contribution in [1.29, 1.82) is 0 Å². The van der Waals surface area contributed by atoms with Gasteiger partial charge in [-0.15, -0.1) is 0 Å². The molecule has 1 saturated heterocycles. The molecule has 2 aromatic carbocycles. The summed E-state index contributed by atoms with van der Waals surface area (Å²) in [6.07, 6.45) is -0.257. The lowest BCUT2D eigenvalue weighted by Crippen LogP contribution is -2.42. The Hall–Kier alpha value is -2.73. The summed E-state index contributed by atoms with van der Waals surface area (Å²) in [5.74, 6) is -0.450. The Morgan fingerprint density at radius 2 is 1.85 bits per heavy atom. The number of nitrogens with zero attached hydrogens (tertiary/aromatic N) is 1. The van der Waals surface area contributed by atoms with Crippen LogP contribution in [0.1, 0.15) is 34.5 Å². The molecule has 5 nitrogen and oxygen atoms in total. The lowest BCUT2D eigenvalue weighted by atomic mass is 10.1. The number of carbonyl (C=O) groups is 2. The van der Waals surface area contributed by atoms with Crippen molar-refractivity contribution in [3.05, 3.63) is 71.0 Å². The van der Waals surface area contributed by atoms with Crippen molar-refractivity contribution in [3.8, 4) is 0 Å². The molecule has 26 heavy (non-hydrogen) atoms. The van der Waals surface area contributed by atoms with Gasteiger partial charge in [0.1, 0.15) is 11.9 Å². The van der Waals surface area contributed by atoms with E-state index < -0.39 is 0 Å². The van der Waals surface area contributed by atoms with E-state index in [-0.39, 0.29) is 23.7 Å². The summed E-state index contributed by atoms with van der Waals surface area (Å²) in [7, 11) is 0. The summed E-state index contributed by atoms with van der Waals surface area (Å²) in [6.45, 7) is 3.29. The summed E-state index contributed by atoms with van der Waals surface area (Å²) in [5.41, 5.74) is 2.38. The number of rotatable bonds is 4. The van der Waals surface area contributed by atoms with Gasteiger partial charge < -0.3 is 15.0 Å². The number of morpholine rings is 1. The van der Waals surface area contributed by atoms with Gasteiger partial charge in [0.25, 0.3) is 5.91 Å². The number of ether oxygens (including phenoxy) is 1. The third kappa shape index (κ3) is 4.46. The van der Waals surface area contributed by atoms with Crippen molar-refractivity contribution in [2.75, 3.05) is 19.7 Å². The maximum Gasteiger partial charge on any atom is 0.254 e. The van der Waals surface area contributed by atoms with Gasteiger partial charge in [0.05, 0.1) is 13.2 Å². The maximum atomic E-state index is 13.1. The summed E-state index contributed by atoms with van der Waals surface area (Å²) < 4.78 is 18.8. The van der Waals surface area contributed by atoms with Gasteiger partial charge in [-0.2, -0.15) is 0 Å². The van der Waals surface area contributed by atoms with Gasteiger partial charge in [-0.1, -0.05) is 24.3 Å². The first-order chi connectivity index (χ1) is 12.5. The van der Waals surface area contributed by atoms with E-state index >= 15 is 0 Å². The molecule has 1 aliphatic heterocycles. The Morgan fingerprint density at radius 3 is 2.50 bits per heavy atom. The quantitative estimate of drug-likeness (QED) is 0.916. The highest BCUT2D eigenvalue weighted by Gasteiger charge is 2.26.